The summed E-state index contributed by atoms with van der Waals surface area (Å²) in [7, 11) is 2.03. The molecule has 0 atom stereocenters. The van der Waals surface area contributed by atoms with Gasteiger partial charge in [0.1, 0.15) is 0 Å². The molecule has 98 valence electrons. The molecule has 18 heavy (non-hydrogen) atoms. The first-order chi connectivity index (χ1) is 8.79. The zero-order valence-electron chi connectivity index (χ0n) is 11.1. The van der Waals surface area contributed by atoms with Gasteiger partial charge in [0.05, 0.1) is 0 Å². The molecule has 0 heterocycles. The number of rotatable bonds is 4. The highest BCUT2D eigenvalue weighted by Crippen LogP contribution is 2.30. The van der Waals surface area contributed by atoms with Crippen molar-refractivity contribution in [1.29, 1.82) is 0 Å². The van der Waals surface area contributed by atoms with Crippen molar-refractivity contribution in [3.05, 3.63) is 40.4 Å². The molecule has 0 radical (unpaired) electrons. The van der Waals surface area contributed by atoms with Crippen molar-refractivity contribution in [2.45, 2.75) is 32.1 Å². The summed E-state index contributed by atoms with van der Waals surface area (Å²) >= 11 is 5.93. The van der Waals surface area contributed by atoms with Crippen molar-refractivity contribution in [2.24, 2.45) is 5.92 Å². The van der Waals surface area contributed by atoms with Gasteiger partial charge >= 0.3 is 0 Å². The van der Waals surface area contributed by atoms with Crippen LogP contribution in [0.5, 0.6) is 0 Å². The highest BCUT2D eigenvalue weighted by Gasteiger charge is 2.17. The van der Waals surface area contributed by atoms with Crippen LogP contribution < -0.4 is 5.32 Å². The van der Waals surface area contributed by atoms with Crippen LogP contribution in [0, 0.1) is 5.92 Å². The molecule has 1 aromatic carbocycles. The van der Waals surface area contributed by atoms with Crippen LogP contribution in [-0.4, -0.2) is 13.6 Å². The van der Waals surface area contributed by atoms with Gasteiger partial charge in [0.25, 0.3) is 0 Å². The molecule has 0 unspecified atom stereocenters. The lowest BCUT2D eigenvalue weighted by molar-refractivity contribution is 0.398. The highest BCUT2D eigenvalue weighted by atomic mass is 35.5. The number of nitrogens with one attached hydrogen (secondary N) is 1. The second kappa shape index (κ2) is 6.96. The first-order valence-electron chi connectivity index (χ1n) is 6.90. The zero-order valence-corrected chi connectivity index (χ0v) is 11.8. The standard InChI is InChI=1S/C16H22ClN/c1-18-12-15(14-5-3-2-4-6-14)11-13-7-9-16(17)10-8-13/h7-11,14,18H,2-6,12H2,1H3. The predicted octanol–water partition coefficient (Wildman–Crippen LogP) is 4.52. The number of hydrogen-bond donors (Lipinski definition) is 1. The van der Waals surface area contributed by atoms with E-state index in [0.29, 0.717) is 0 Å². The monoisotopic (exact) mass is 263 g/mol. The molecule has 0 saturated heterocycles. The normalized spacial score (nSPS) is 18.0. The van der Waals surface area contributed by atoms with Crippen LogP contribution in [0.3, 0.4) is 0 Å². The minimum Gasteiger partial charge on any atom is -0.316 e. The third-order valence-electron chi connectivity index (χ3n) is 3.73. The van der Waals surface area contributed by atoms with E-state index in [2.05, 4.69) is 23.5 Å². The third kappa shape index (κ3) is 3.86. The van der Waals surface area contributed by atoms with E-state index >= 15 is 0 Å². The van der Waals surface area contributed by atoms with Crippen molar-refractivity contribution in [3.63, 3.8) is 0 Å². The zero-order chi connectivity index (χ0) is 12.8. The molecule has 1 aliphatic rings. The van der Waals surface area contributed by atoms with Gasteiger partial charge in [0, 0.05) is 11.6 Å². The molecule has 0 spiro atoms. The van der Waals surface area contributed by atoms with Crippen molar-refractivity contribution in [2.75, 3.05) is 13.6 Å². The minimum atomic E-state index is 0.766. The van der Waals surface area contributed by atoms with Gasteiger partial charge in [-0.2, -0.15) is 0 Å². The molecule has 0 amide bonds. The van der Waals surface area contributed by atoms with Crippen molar-refractivity contribution >= 4 is 17.7 Å². The van der Waals surface area contributed by atoms with Crippen LogP contribution in [0.25, 0.3) is 6.08 Å². The SMILES string of the molecule is CNCC(=Cc1ccc(Cl)cc1)C1CCCCC1. The van der Waals surface area contributed by atoms with Gasteiger partial charge in [0.2, 0.25) is 0 Å². The van der Waals surface area contributed by atoms with E-state index in [9.17, 15) is 0 Å². The fourth-order valence-corrected chi connectivity index (χ4v) is 2.89. The number of halogens is 1. The van der Waals surface area contributed by atoms with E-state index in [1.54, 1.807) is 5.57 Å². The van der Waals surface area contributed by atoms with Crippen molar-refractivity contribution in [3.8, 4) is 0 Å². The number of benzene rings is 1. The third-order valence-corrected chi connectivity index (χ3v) is 3.98. The molecule has 1 nitrogen and oxygen atoms in total. The molecule has 1 N–H and O–H groups in total. The Morgan fingerprint density at radius 2 is 1.89 bits per heavy atom. The van der Waals surface area contributed by atoms with Crippen molar-refractivity contribution in [1.82, 2.24) is 5.32 Å². The molecule has 1 aliphatic carbocycles. The Kier molecular flexibility index (Phi) is 5.27. The van der Waals surface area contributed by atoms with Gasteiger partial charge in [-0.05, 0) is 43.5 Å². The van der Waals surface area contributed by atoms with Crippen LogP contribution in [0.1, 0.15) is 37.7 Å². The molecule has 2 rings (SSSR count). The van der Waals surface area contributed by atoms with Gasteiger partial charge in [-0.1, -0.05) is 54.6 Å². The summed E-state index contributed by atoms with van der Waals surface area (Å²) < 4.78 is 0. The smallest absolute Gasteiger partial charge is 0.0406 e. The van der Waals surface area contributed by atoms with Gasteiger partial charge in [-0.15, -0.1) is 0 Å². The molecule has 1 aromatic rings. The van der Waals surface area contributed by atoms with Crippen LogP contribution >= 0.6 is 11.6 Å². The Morgan fingerprint density at radius 3 is 2.50 bits per heavy atom. The van der Waals surface area contributed by atoms with Gasteiger partial charge in [-0.25, -0.2) is 0 Å². The Hall–Kier alpha value is -0.790. The fraction of sp³-hybridized carbons (Fsp3) is 0.500. The molecule has 1 fully saturated rings. The molecule has 1 saturated carbocycles. The van der Waals surface area contributed by atoms with Crippen LogP contribution in [0.4, 0.5) is 0 Å². The van der Waals surface area contributed by atoms with Gasteiger partial charge in [-0.3, -0.25) is 0 Å². The summed E-state index contributed by atoms with van der Waals surface area (Å²) in [6.45, 7) is 0.993. The fourth-order valence-electron chi connectivity index (χ4n) is 2.76. The Labute approximate surface area is 115 Å². The summed E-state index contributed by atoms with van der Waals surface area (Å²) in [5.41, 5.74) is 2.80. The molecule has 0 aromatic heterocycles. The van der Waals surface area contributed by atoms with E-state index in [-0.39, 0.29) is 0 Å². The molecular weight excluding hydrogens is 242 g/mol. The lowest BCUT2D eigenvalue weighted by atomic mass is 9.83. The first kappa shape index (κ1) is 13.6. The van der Waals surface area contributed by atoms with E-state index in [0.717, 1.165) is 17.5 Å². The average molecular weight is 264 g/mol. The summed E-state index contributed by atoms with van der Waals surface area (Å²) in [5.74, 6) is 0.766. The van der Waals surface area contributed by atoms with E-state index in [1.165, 1.54) is 37.7 Å². The Balaban J connectivity index is 2.14. The Morgan fingerprint density at radius 1 is 1.22 bits per heavy atom. The molecular formula is C16H22ClN. The quantitative estimate of drug-likeness (QED) is 0.842. The lowest BCUT2D eigenvalue weighted by Crippen LogP contribution is -2.19. The summed E-state index contributed by atoms with van der Waals surface area (Å²) in [6.07, 6.45) is 9.20. The lowest BCUT2D eigenvalue weighted by Gasteiger charge is -2.24. The van der Waals surface area contributed by atoms with Gasteiger partial charge < -0.3 is 5.32 Å². The largest absolute Gasteiger partial charge is 0.316 e. The average Bonchev–Trinajstić information content (AvgIpc) is 2.42. The van der Waals surface area contributed by atoms with E-state index in [1.807, 2.05) is 19.2 Å². The maximum Gasteiger partial charge on any atom is 0.0406 e. The molecule has 0 aliphatic heterocycles. The predicted molar refractivity (Wildman–Crippen MR) is 79.9 cm³/mol. The second-order valence-electron chi connectivity index (χ2n) is 5.14. The van der Waals surface area contributed by atoms with E-state index in [4.69, 9.17) is 11.6 Å². The number of likely N-dealkylation sites (N-methyl/N-ethyl adjacent to an activating group) is 1. The summed E-state index contributed by atoms with van der Waals surface area (Å²) in [5, 5.41) is 4.11. The minimum absolute atomic E-state index is 0.766. The summed E-state index contributed by atoms with van der Waals surface area (Å²) in [4.78, 5) is 0. The maximum absolute atomic E-state index is 5.93. The molecule has 2 heteroatoms. The van der Waals surface area contributed by atoms with Crippen LogP contribution in [0.15, 0.2) is 29.8 Å². The summed E-state index contributed by atoms with van der Waals surface area (Å²) in [6, 6.07) is 8.12. The van der Waals surface area contributed by atoms with Gasteiger partial charge in [0.15, 0.2) is 0 Å². The Bertz CT molecular complexity index is 388. The maximum atomic E-state index is 5.93. The van der Waals surface area contributed by atoms with Crippen LogP contribution in [0.2, 0.25) is 5.02 Å². The van der Waals surface area contributed by atoms with Crippen LogP contribution in [-0.2, 0) is 0 Å². The number of hydrogen-bond acceptors (Lipinski definition) is 1. The molecule has 0 bridgehead atoms. The first-order valence-corrected chi connectivity index (χ1v) is 7.28. The van der Waals surface area contributed by atoms with E-state index < -0.39 is 0 Å². The highest BCUT2D eigenvalue weighted by molar-refractivity contribution is 6.30. The second-order valence-corrected chi connectivity index (χ2v) is 5.57. The van der Waals surface area contributed by atoms with Crippen molar-refractivity contribution < 1.29 is 0 Å². The topological polar surface area (TPSA) is 12.0 Å².